The molecule has 2 N–H and O–H groups in total. The van der Waals surface area contributed by atoms with Crippen molar-refractivity contribution >= 4 is 22.5 Å². The molecule has 0 spiro atoms. The van der Waals surface area contributed by atoms with Gasteiger partial charge in [-0.2, -0.15) is 5.10 Å². The number of nitrogens with one attached hydrogen (secondary N) is 2. The highest BCUT2D eigenvalue weighted by Crippen LogP contribution is 2.32. The molecule has 176 valence electrons. The van der Waals surface area contributed by atoms with Gasteiger partial charge >= 0.3 is 0 Å². The smallest absolute Gasteiger partial charge is 0.277 e. The van der Waals surface area contributed by atoms with Gasteiger partial charge < -0.3 is 19.8 Å². The molecule has 3 aromatic heterocycles. The first-order chi connectivity index (χ1) is 16.5. The predicted octanol–water partition coefficient (Wildman–Crippen LogP) is 4.30. The van der Waals surface area contributed by atoms with Crippen molar-refractivity contribution in [3.63, 3.8) is 0 Å². The fourth-order valence-corrected chi connectivity index (χ4v) is 4.09. The molecule has 0 aliphatic carbocycles. The van der Waals surface area contributed by atoms with Crippen LogP contribution in [0.25, 0.3) is 22.4 Å². The van der Waals surface area contributed by atoms with Gasteiger partial charge in [-0.15, -0.1) is 0 Å². The Morgan fingerprint density at radius 3 is 2.91 bits per heavy atom. The van der Waals surface area contributed by atoms with Gasteiger partial charge in [-0.3, -0.25) is 14.5 Å². The number of rotatable bonds is 6. The van der Waals surface area contributed by atoms with E-state index < -0.39 is 12.1 Å². The van der Waals surface area contributed by atoms with Crippen LogP contribution in [0.2, 0.25) is 0 Å². The summed E-state index contributed by atoms with van der Waals surface area (Å²) in [7, 11) is 1.54. The minimum absolute atomic E-state index is 0.0919. The number of piperidine rings is 1. The molecule has 1 aliphatic heterocycles. The summed E-state index contributed by atoms with van der Waals surface area (Å²) >= 11 is 0. The van der Waals surface area contributed by atoms with E-state index in [9.17, 15) is 9.18 Å². The van der Waals surface area contributed by atoms with Crippen LogP contribution in [-0.2, 0) is 0 Å². The minimum atomic E-state index is -1.22. The lowest BCUT2D eigenvalue weighted by atomic mass is 10.1. The molecule has 1 amide bonds. The number of alkyl halides is 1. The van der Waals surface area contributed by atoms with E-state index in [1.54, 1.807) is 19.2 Å². The molecule has 10 heteroatoms. The Balaban J connectivity index is 1.38. The SMILES string of the molecule is COc1cc2nn(C3CCNCC3)cc2cc1NC(=O)c1coc(-c2ccnc(C(C)F)c2)n1. The van der Waals surface area contributed by atoms with E-state index in [0.717, 1.165) is 36.8 Å². The van der Waals surface area contributed by atoms with Crippen molar-refractivity contribution in [2.45, 2.75) is 32.0 Å². The Bertz CT molecular complexity index is 1330. The van der Waals surface area contributed by atoms with Crippen LogP contribution in [0, 0.1) is 0 Å². The highest BCUT2D eigenvalue weighted by molar-refractivity contribution is 6.05. The first-order valence-corrected chi connectivity index (χ1v) is 11.2. The molecule has 1 unspecified atom stereocenters. The Morgan fingerprint density at radius 2 is 2.15 bits per heavy atom. The normalized spacial score (nSPS) is 15.4. The van der Waals surface area contributed by atoms with Gasteiger partial charge in [0, 0.05) is 29.4 Å². The van der Waals surface area contributed by atoms with E-state index in [-0.39, 0.29) is 17.3 Å². The van der Waals surface area contributed by atoms with Crippen LogP contribution in [0.5, 0.6) is 5.75 Å². The third kappa shape index (κ3) is 4.36. The lowest BCUT2D eigenvalue weighted by molar-refractivity contribution is 0.102. The summed E-state index contributed by atoms with van der Waals surface area (Å²) in [6.45, 7) is 3.35. The van der Waals surface area contributed by atoms with Gasteiger partial charge in [0.2, 0.25) is 5.89 Å². The number of amides is 1. The van der Waals surface area contributed by atoms with E-state index in [0.29, 0.717) is 23.0 Å². The average molecular weight is 465 g/mol. The second-order valence-corrected chi connectivity index (χ2v) is 8.28. The minimum Gasteiger partial charge on any atom is -0.494 e. The van der Waals surface area contributed by atoms with Gasteiger partial charge in [-0.1, -0.05) is 0 Å². The molecule has 1 atom stereocenters. The maximum absolute atomic E-state index is 13.6. The van der Waals surface area contributed by atoms with Crippen LogP contribution in [-0.4, -0.2) is 45.9 Å². The third-order valence-electron chi connectivity index (χ3n) is 5.95. The predicted molar refractivity (Wildman–Crippen MR) is 125 cm³/mol. The molecule has 4 aromatic rings. The number of aromatic nitrogens is 4. The Kier molecular flexibility index (Phi) is 5.97. The number of anilines is 1. The van der Waals surface area contributed by atoms with Crippen LogP contribution >= 0.6 is 0 Å². The van der Waals surface area contributed by atoms with E-state index >= 15 is 0 Å². The van der Waals surface area contributed by atoms with Gasteiger partial charge in [0.25, 0.3) is 5.91 Å². The summed E-state index contributed by atoms with van der Waals surface area (Å²) in [5, 5.41) is 11.8. The monoisotopic (exact) mass is 464 g/mol. The molecule has 0 saturated carbocycles. The topological polar surface area (TPSA) is 107 Å². The van der Waals surface area contributed by atoms with Crippen molar-refractivity contribution in [2.24, 2.45) is 0 Å². The molecule has 0 bridgehead atoms. The largest absolute Gasteiger partial charge is 0.494 e. The van der Waals surface area contributed by atoms with Crippen molar-refractivity contribution in [1.29, 1.82) is 0 Å². The fourth-order valence-electron chi connectivity index (χ4n) is 4.09. The summed E-state index contributed by atoms with van der Waals surface area (Å²) in [5.74, 6) is 0.252. The van der Waals surface area contributed by atoms with Gasteiger partial charge in [0.05, 0.1) is 30.0 Å². The zero-order chi connectivity index (χ0) is 23.7. The molecule has 9 nitrogen and oxygen atoms in total. The molecule has 34 heavy (non-hydrogen) atoms. The summed E-state index contributed by atoms with van der Waals surface area (Å²) in [6.07, 6.45) is 5.57. The quantitative estimate of drug-likeness (QED) is 0.438. The first-order valence-electron chi connectivity index (χ1n) is 11.2. The van der Waals surface area contributed by atoms with Crippen molar-refractivity contribution in [3.8, 4) is 17.2 Å². The number of pyridine rings is 1. The molecular formula is C24H25FN6O3. The van der Waals surface area contributed by atoms with Crippen LogP contribution < -0.4 is 15.4 Å². The Hall–Kier alpha value is -3.79. The van der Waals surface area contributed by atoms with Crippen LogP contribution in [0.4, 0.5) is 10.1 Å². The molecule has 1 saturated heterocycles. The van der Waals surface area contributed by atoms with Crippen molar-refractivity contribution in [3.05, 3.63) is 54.3 Å². The number of hydrogen-bond donors (Lipinski definition) is 2. The fraction of sp³-hybridized carbons (Fsp3) is 0.333. The number of halogens is 1. The summed E-state index contributed by atoms with van der Waals surface area (Å²) in [4.78, 5) is 21.2. The average Bonchev–Trinajstić information content (AvgIpc) is 3.51. The number of fused-ring (bicyclic) bond motifs is 1. The summed E-state index contributed by atoms with van der Waals surface area (Å²) in [5.41, 5.74) is 2.21. The highest BCUT2D eigenvalue weighted by atomic mass is 19.1. The second-order valence-electron chi connectivity index (χ2n) is 8.28. The van der Waals surface area contributed by atoms with E-state index in [4.69, 9.17) is 14.3 Å². The van der Waals surface area contributed by atoms with Gasteiger partial charge in [0.15, 0.2) is 5.69 Å². The molecule has 0 radical (unpaired) electrons. The maximum atomic E-state index is 13.6. The number of methoxy groups -OCH3 is 1. The molecule has 5 rings (SSSR count). The summed E-state index contributed by atoms with van der Waals surface area (Å²) in [6, 6.07) is 7.20. The van der Waals surface area contributed by atoms with E-state index in [1.807, 2.05) is 23.0 Å². The lowest BCUT2D eigenvalue weighted by Crippen LogP contribution is -2.29. The molecule has 1 aromatic carbocycles. The molecular weight excluding hydrogens is 439 g/mol. The molecule has 1 fully saturated rings. The van der Waals surface area contributed by atoms with Gasteiger partial charge in [-0.05, 0) is 51.1 Å². The van der Waals surface area contributed by atoms with E-state index in [2.05, 4.69) is 20.6 Å². The second kappa shape index (κ2) is 9.22. The number of nitrogens with zero attached hydrogens (tertiary/aromatic N) is 4. The lowest BCUT2D eigenvalue weighted by Gasteiger charge is -2.22. The third-order valence-corrected chi connectivity index (χ3v) is 5.95. The van der Waals surface area contributed by atoms with Crippen molar-refractivity contribution in [1.82, 2.24) is 25.1 Å². The van der Waals surface area contributed by atoms with Crippen molar-refractivity contribution < 1.29 is 18.3 Å². The van der Waals surface area contributed by atoms with Gasteiger partial charge in [-0.25, -0.2) is 9.37 Å². The number of hydrogen-bond acceptors (Lipinski definition) is 7. The number of carbonyl (C=O) groups is 1. The zero-order valence-electron chi connectivity index (χ0n) is 18.9. The van der Waals surface area contributed by atoms with Crippen molar-refractivity contribution in [2.75, 3.05) is 25.5 Å². The zero-order valence-corrected chi connectivity index (χ0v) is 18.9. The Morgan fingerprint density at radius 1 is 1.32 bits per heavy atom. The van der Waals surface area contributed by atoms with E-state index in [1.165, 1.54) is 19.4 Å². The number of benzene rings is 1. The highest BCUT2D eigenvalue weighted by Gasteiger charge is 2.20. The maximum Gasteiger partial charge on any atom is 0.277 e. The van der Waals surface area contributed by atoms with Gasteiger partial charge in [0.1, 0.15) is 18.2 Å². The first kappa shape index (κ1) is 22.0. The summed E-state index contributed by atoms with van der Waals surface area (Å²) < 4.78 is 26.6. The number of carbonyl (C=O) groups excluding carboxylic acids is 1. The molecule has 4 heterocycles. The van der Waals surface area contributed by atoms with Crippen LogP contribution in [0.3, 0.4) is 0 Å². The number of oxazole rings is 1. The van der Waals surface area contributed by atoms with Crippen LogP contribution in [0.15, 0.2) is 47.3 Å². The molecule has 1 aliphatic rings. The number of ether oxygens (including phenoxy) is 1. The standard InChI is InChI=1S/C24H25FN6O3/c1-14(25)18-9-15(3-8-27-18)24-29-21(13-34-24)23(32)28-20-10-16-12-31(17-4-6-26-7-5-17)30-19(16)11-22(20)33-2/h3,8-14,17,26H,4-7H2,1-2H3,(H,28,32). The van der Waals surface area contributed by atoms with Crippen LogP contribution in [0.1, 0.15) is 48.2 Å². The Labute approximate surface area is 195 Å².